The molecule has 114 valence electrons. The maximum absolute atomic E-state index is 3.80. The van der Waals surface area contributed by atoms with Crippen LogP contribution >= 0.6 is 0 Å². The van der Waals surface area contributed by atoms with Gasteiger partial charge >= 0.3 is 0 Å². The summed E-state index contributed by atoms with van der Waals surface area (Å²) in [5.74, 6) is 1.73. The summed E-state index contributed by atoms with van der Waals surface area (Å²) in [7, 11) is 4.57. The molecule has 0 saturated heterocycles. The molecule has 1 N–H and O–H groups in total. The van der Waals surface area contributed by atoms with Crippen molar-refractivity contribution < 1.29 is 0 Å². The predicted octanol–water partition coefficient (Wildman–Crippen LogP) is 3.91. The predicted molar refractivity (Wildman–Crippen MR) is 85.6 cm³/mol. The first-order valence-electron chi connectivity index (χ1n) is 8.33. The highest BCUT2D eigenvalue weighted by molar-refractivity contribution is 5.01. The largest absolute Gasteiger partial charge is 0.312 e. The Kier molecular flexibility index (Phi) is 6.82. The number of nitrogens with zero attached hydrogens (tertiary/aromatic N) is 1. The fourth-order valence-corrected chi connectivity index (χ4v) is 3.68. The standard InChI is InChI=1S/C17H36N2/c1-7-18-16(9-8-14(2)3)17(19(5)6)12-10-15(4)11-13-17/h14-16,18H,7-13H2,1-6H3. The van der Waals surface area contributed by atoms with E-state index in [9.17, 15) is 0 Å². The third-order valence-corrected chi connectivity index (χ3v) is 5.16. The van der Waals surface area contributed by atoms with Crippen molar-refractivity contribution in [2.45, 2.75) is 77.8 Å². The maximum atomic E-state index is 3.80. The van der Waals surface area contributed by atoms with Crippen molar-refractivity contribution in [3.05, 3.63) is 0 Å². The molecule has 0 aliphatic heterocycles. The van der Waals surface area contributed by atoms with Gasteiger partial charge in [-0.15, -0.1) is 0 Å². The van der Waals surface area contributed by atoms with Crippen LogP contribution in [0.25, 0.3) is 0 Å². The number of hydrogen-bond acceptors (Lipinski definition) is 2. The van der Waals surface area contributed by atoms with Crippen LogP contribution in [0, 0.1) is 11.8 Å². The topological polar surface area (TPSA) is 15.3 Å². The summed E-state index contributed by atoms with van der Waals surface area (Å²) in [6, 6.07) is 0.655. The Morgan fingerprint density at radius 1 is 1.16 bits per heavy atom. The maximum Gasteiger partial charge on any atom is 0.0356 e. The van der Waals surface area contributed by atoms with Crippen molar-refractivity contribution in [1.82, 2.24) is 10.2 Å². The minimum atomic E-state index is 0.386. The summed E-state index contributed by atoms with van der Waals surface area (Å²) in [6.07, 6.45) is 8.15. The monoisotopic (exact) mass is 268 g/mol. The van der Waals surface area contributed by atoms with Gasteiger partial charge in [-0.05, 0) is 71.0 Å². The molecular formula is C17H36N2. The Bertz CT molecular complexity index is 240. The lowest BCUT2D eigenvalue weighted by molar-refractivity contribution is 0.0391. The van der Waals surface area contributed by atoms with Gasteiger partial charge in [0.1, 0.15) is 0 Å². The van der Waals surface area contributed by atoms with E-state index >= 15 is 0 Å². The lowest BCUT2D eigenvalue weighted by Gasteiger charge is -2.50. The van der Waals surface area contributed by atoms with Gasteiger partial charge in [-0.25, -0.2) is 0 Å². The number of hydrogen-bond donors (Lipinski definition) is 1. The van der Waals surface area contributed by atoms with Crippen molar-refractivity contribution in [3.63, 3.8) is 0 Å². The van der Waals surface area contributed by atoms with Gasteiger partial charge in [-0.1, -0.05) is 27.7 Å². The van der Waals surface area contributed by atoms with Crippen LogP contribution in [-0.2, 0) is 0 Å². The van der Waals surface area contributed by atoms with E-state index in [0.29, 0.717) is 11.6 Å². The molecule has 0 aromatic rings. The average molecular weight is 268 g/mol. The second-order valence-electron chi connectivity index (χ2n) is 7.26. The van der Waals surface area contributed by atoms with Crippen LogP contribution in [0.15, 0.2) is 0 Å². The van der Waals surface area contributed by atoms with Gasteiger partial charge in [0.25, 0.3) is 0 Å². The van der Waals surface area contributed by atoms with Crippen LogP contribution in [0.1, 0.15) is 66.2 Å². The van der Waals surface area contributed by atoms with Gasteiger partial charge in [0.15, 0.2) is 0 Å². The smallest absolute Gasteiger partial charge is 0.0356 e. The number of likely N-dealkylation sites (N-methyl/N-ethyl adjacent to an activating group) is 2. The first kappa shape index (κ1) is 17.0. The number of nitrogens with one attached hydrogen (secondary N) is 1. The van der Waals surface area contributed by atoms with Crippen LogP contribution in [0.2, 0.25) is 0 Å². The van der Waals surface area contributed by atoms with Crippen LogP contribution in [0.5, 0.6) is 0 Å². The second kappa shape index (κ2) is 7.64. The fraction of sp³-hybridized carbons (Fsp3) is 1.00. The molecule has 1 unspecified atom stereocenters. The zero-order chi connectivity index (χ0) is 14.5. The highest BCUT2D eigenvalue weighted by Crippen LogP contribution is 2.39. The SMILES string of the molecule is CCNC(CCC(C)C)C1(N(C)C)CCC(C)CC1. The van der Waals surface area contributed by atoms with Crippen LogP contribution in [0.3, 0.4) is 0 Å². The highest BCUT2D eigenvalue weighted by atomic mass is 15.2. The van der Waals surface area contributed by atoms with Crippen molar-refractivity contribution in [2.24, 2.45) is 11.8 Å². The van der Waals surface area contributed by atoms with Gasteiger partial charge in [0.2, 0.25) is 0 Å². The van der Waals surface area contributed by atoms with E-state index in [0.717, 1.165) is 18.4 Å². The van der Waals surface area contributed by atoms with Crippen LogP contribution in [0.4, 0.5) is 0 Å². The van der Waals surface area contributed by atoms with Gasteiger partial charge in [-0.2, -0.15) is 0 Å². The van der Waals surface area contributed by atoms with Gasteiger partial charge in [-0.3, -0.25) is 0 Å². The van der Waals surface area contributed by atoms with E-state index in [1.54, 1.807) is 0 Å². The molecule has 0 aromatic heterocycles. The van der Waals surface area contributed by atoms with E-state index in [4.69, 9.17) is 0 Å². The van der Waals surface area contributed by atoms with Gasteiger partial charge in [0, 0.05) is 11.6 Å². The highest BCUT2D eigenvalue weighted by Gasteiger charge is 2.42. The third-order valence-electron chi connectivity index (χ3n) is 5.16. The summed E-state index contributed by atoms with van der Waals surface area (Å²) >= 11 is 0. The lowest BCUT2D eigenvalue weighted by Crippen LogP contribution is -2.60. The minimum absolute atomic E-state index is 0.386. The van der Waals surface area contributed by atoms with Crippen molar-refractivity contribution in [2.75, 3.05) is 20.6 Å². The van der Waals surface area contributed by atoms with Crippen LogP contribution in [-0.4, -0.2) is 37.1 Å². The molecule has 1 aliphatic rings. The zero-order valence-electron chi connectivity index (χ0n) is 14.1. The molecular weight excluding hydrogens is 232 g/mol. The Labute approximate surface area is 121 Å². The molecule has 19 heavy (non-hydrogen) atoms. The Morgan fingerprint density at radius 3 is 2.16 bits per heavy atom. The van der Waals surface area contributed by atoms with Crippen molar-refractivity contribution in [3.8, 4) is 0 Å². The molecule has 2 nitrogen and oxygen atoms in total. The Hall–Kier alpha value is -0.0800. The fourth-order valence-electron chi connectivity index (χ4n) is 3.68. The van der Waals surface area contributed by atoms with Crippen molar-refractivity contribution >= 4 is 0 Å². The van der Waals surface area contributed by atoms with E-state index in [1.165, 1.54) is 38.5 Å². The molecule has 1 atom stereocenters. The molecule has 0 heterocycles. The molecule has 1 fully saturated rings. The summed E-state index contributed by atoms with van der Waals surface area (Å²) in [5, 5.41) is 3.80. The van der Waals surface area contributed by atoms with E-state index < -0.39 is 0 Å². The molecule has 0 amide bonds. The van der Waals surface area contributed by atoms with E-state index in [-0.39, 0.29) is 0 Å². The summed E-state index contributed by atoms with van der Waals surface area (Å²) in [6.45, 7) is 10.4. The Morgan fingerprint density at radius 2 is 1.74 bits per heavy atom. The molecule has 2 heteroatoms. The molecule has 0 radical (unpaired) electrons. The molecule has 0 spiro atoms. The molecule has 1 aliphatic carbocycles. The third kappa shape index (κ3) is 4.46. The first-order valence-corrected chi connectivity index (χ1v) is 8.33. The van der Waals surface area contributed by atoms with E-state index in [1.807, 2.05) is 0 Å². The number of rotatable bonds is 7. The normalized spacial score (nSPS) is 30.0. The summed E-state index contributed by atoms with van der Waals surface area (Å²) in [4.78, 5) is 2.52. The average Bonchev–Trinajstić information content (AvgIpc) is 2.35. The lowest BCUT2D eigenvalue weighted by atomic mass is 9.70. The van der Waals surface area contributed by atoms with Gasteiger partial charge < -0.3 is 10.2 Å². The first-order chi connectivity index (χ1) is 8.92. The molecule has 0 bridgehead atoms. The molecule has 1 saturated carbocycles. The zero-order valence-corrected chi connectivity index (χ0v) is 14.1. The van der Waals surface area contributed by atoms with Gasteiger partial charge in [0.05, 0.1) is 0 Å². The molecule has 0 aromatic carbocycles. The summed E-state index contributed by atoms with van der Waals surface area (Å²) < 4.78 is 0. The Balaban J connectivity index is 2.79. The second-order valence-corrected chi connectivity index (χ2v) is 7.26. The quantitative estimate of drug-likeness (QED) is 0.753. The van der Waals surface area contributed by atoms with E-state index in [2.05, 4.69) is 52.0 Å². The van der Waals surface area contributed by atoms with Crippen LogP contribution < -0.4 is 5.32 Å². The summed E-state index contributed by atoms with van der Waals surface area (Å²) in [5.41, 5.74) is 0.386. The van der Waals surface area contributed by atoms with Crippen molar-refractivity contribution in [1.29, 1.82) is 0 Å². The molecule has 1 rings (SSSR count). The minimum Gasteiger partial charge on any atom is -0.312 e.